The molecule has 184 valence electrons. The maximum absolute atomic E-state index is 12.4. The van der Waals surface area contributed by atoms with Crippen LogP contribution in [-0.2, 0) is 22.6 Å². The number of hydrogen-bond donors (Lipinski definition) is 1. The van der Waals surface area contributed by atoms with Crippen molar-refractivity contribution >= 4 is 36.0 Å². The van der Waals surface area contributed by atoms with Gasteiger partial charge in [-0.3, -0.25) is 9.89 Å². The Morgan fingerprint density at radius 3 is 2.76 bits per heavy atom. The zero-order valence-corrected chi connectivity index (χ0v) is 22.6. The minimum absolute atomic E-state index is 0. The van der Waals surface area contributed by atoms with Crippen LogP contribution in [0.1, 0.15) is 38.8 Å². The van der Waals surface area contributed by atoms with Crippen molar-refractivity contribution in [3.63, 3.8) is 0 Å². The Morgan fingerprint density at radius 2 is 2.00 bits per heavy atom. The largest absolute Gasteiger partial charge is 0.444 e. The normalized spacial score (nSPS) is 23.5. The monoisotopic (exact) mass is 571 g/mol. The maximum Gasteiger partial charge on any atom is 0.410 e. The predicted octanol–water partition coefficient (Wildman–Crippen LogP) is 2.91. The lowest BCUT2D eigenvalue weighted by molar-refractivity contribution is -0.0212. The molecule has 33 heavy (non-hydrogen) atoms. The van der Waals surface area contributed by atoms with Crippen molar-refractivity contribution in [2.45, 2.75) is 58.5 Å². The second-order valence-electron chi connectivity index (χ2n) is 10.0. The van der Waals surface area contributed by atoms with Gasteiger partial charge in [-0.1, -0.05) is 24.3 Å². The number of halogens is 1. The van der Waals surface area contributed by atoms with E-state index in [-0.39, 0.29) is 36.1 Å². The number of benzene rings is 1. The number of nitrogens with zero attached hydrogens (tertiary/aromatic N) is 4. The van der Waals surface area contributed by atoms with Crippen molar-refractivity contribution < 1.29 is 14.3 Å². The van der Waals surface area contributed by atoms with E-state index in [4.69, 9.17) is 14.5 Å². The molecule has 2 unspecified atom stereocenters. The van der Waals surface area contributed by atoms with Gasteiger partial charge in [0.05, 0.1) is 25.3 Å². The van der Waals surface area contributed by atoms with Crippen molar-refractivity contribution in [3.05, 3.63) is 35.4 Å². The molecular formula is C24H38IN5O3. The molecule has 0 saturated carbocycles. The summed E-state index contributed by atoms with van der Waals surface area (Å²) in [7, 11) is 0. The molecule has 0 radical (unpaired) electrons. The zero-order chi connectivity index (χ0) is 22.7. The van der Waals surface area contributed by atoms with Crippen LogP contribution in [0.2, 0.25) is 0 Å². The Kier molecular flexibility index (Phi) is 8.85. The molecule has 2 atom stereocenters. The summed E-state index contributed by atoms with van der Waals surface area (Å²) < 4.78 is 11.2. The number of guanidine groups is 1. The van der Waals surface area contributed by atoms with Crippen LogP contribution in [0.3, 0.4) is 0 Å². The van der Waals surface area contributed by atoms with Crippen LogP contribution in [0.15, 0.2) is 29.3 Å². The van der Waals surface area contributed by atoms with E-state index in [0.29, 0.717) is 25.7 Å². The molecule has 1 aromatic rings. The van der Waals surface area contributed by atoms with Crippen LogP contribution < -0.4 is 5.32 Å². The quantitative estimate of drug-likeness (QED) is 0.561. The third-order valence-electron chi connectivity index (χ3n) is 6.03. The highest BCUT2D eigenvalue weighted by Crippen LogP contribution is 2.19. The lowest BCUT2D eigenvalue weighted by atomic mass is 10.1. The van der Waals surface area contributed by atoms with E-state index < -0.39 is 5.60 Å². The molecule has 2 saturated heterocycles. The molecule has 1 aromatic carbocycles. The number of ether oxygens (including phenoxy) is 2. The number of morpholine rings is 1. The SMILES string of the molecule is CC1CN(Cc2cccc(CNC3=NCC4CN(C(=O)OC(C)(C)C)CCN34)c2)CCO1.I. The standard InChI is InChI=1S/C24H37N5O3.HI/c1-18-15-27(10-11-31-18)16-20-7-5-6-19(12-20)13-25-22-26-14-21-17-28(8-9-29(21)22)23(30)32-24(2,3)4;/h5-7,12,18,21H,8-11,13-17H2,1-4H3,(H,25,26);1H. The van der Waals surface area contributed by atoms with Gasteiger partial charge in [0.1, 0.15) is 5.60 Å². The van der Waals surface area contributed by atoms with Gasteiger partial charge in [0, 0.05) is 45.8 Å². The first-order valence-corrected chi connectivity index (χ1v) is 11.7. The van der Waals surface area contributed by atoms with E-state index in [9.17, 15) is 4.79 Å². The fourth-order valence-corrected chi connectivity index (χ4v) is 4.53. The molecular weight excluding hydrogens is 533 g/mol. The topological polar surface area (TPSA) is 69.6 Å². The van der Waals surface area contributed by atoms with Crippen LogP contribution in [0.5, 0.6) is 0 Å². The minimum Gasteiger partial charge on any atom is -0.444 e. The van der Waals surface area contributed by atoms with E-state index in [0.717, 1.165) is 45.3 Å². The average Bonchev–Trinajstić information content (AvgIpc) is 3.13. The molecule has 2 fully saturated rings. The highest BCUT2D eigenvalue weighted by molar-refractivity contribution is 14.0. The van der Waals surface area contributed by atoms with Gasteiger partial charge in [0.15, 0.2) is 5.96 Å². The summed E-state index contributed by atoms with van der Waals surface area (Å²) in [6.07, 6.45) is 0.0720. The van der Waals surface area contributed by atoms with Gasteiger partial charge < -0.3 is 24.6 Å². The van der Waals surface area contributed by atoms with Crippen molar-refractivity contribution in [2.24, 2.45) is 4.99 Å². The average molecular weight is 572 g/mol. The second kappa shape index (κ2) is 11.2. The summed E-state index contributed by atoms with van der Waals surface area (Å²) >= 11 is 0. The number of carbonyl (C=O) groups excluding carboxylic acids is 1. The molecule has 4 rings (SSSR count). The lowest BCUT2D eigenvalue weighted by Gasteiger charge is -2.39. The molecule has 3 aliphatic heterocycles. The van der Waals surface area contributed by atoms with Crippen molar-refractivity contribution in [1.82, 2.24) is 20.0 Å². The summed E-state index contributed by atoms with van der Waals surface area (Å²) in [5.74, 6) is 0.936. The van der Waals surface area contributed by atoms with E-state index in [1.54, 1.807) is 4.90 Å². The van der Waals surface area contributed by atoms with Crippen LogP contribution in [-0.4, -0.2) is 90.4 Å². The van der Waals surface area contributed by atoms with Crippen LogP contribution in [0.25, 0.3) is 0 Å². The molecule has 3 heterocycles. The minimum atomic E-state index is -0.471. The van der Waals surface area contributed by atoms with Gasteiger partial charge in [0.25, 0.3) is 0 Å². The molecule has 0 spiro atoms. The van der Waals surface area contributed by atoms with Crippen molar-refractivity contribution in [2.75, 3.05) is 45.9 Å². The second-order valence-corrected chi connectivity index (χ2v) is 10.0. The van der Waals surface area contributed by atoms with E-state index in [1.807, 2.05) is 20.8 Å². The Bertz CT molecular complexity index is 844. The van der Waals surface area contributed by atoms with Crippen molar-refractivity contribution in [3.8, 4) is 0 Å². The van der Waals surface area contributed by atoms with Crippen LogP contribution in [0, 0.1) is 0 Å². The summed E-state index contributed by atoms with van der Waals surface area (Å²) in [6.45, 7) is 15.1. The number of hydrogen-bond acceptors (Lipinski definition) is 7. The van der Waals surface area contributed by atoms with Crippen molar-refractivity contribution in [1.29, 1.82) is 0 Å². The lowest BCUT2D eigenvalue weighted by Crippen LogP contribution is -2.57. The Hall–Kier alpha value is -1.59. The number of fused-ring (bicyclic) bond motifs is 1. The van der Waals surface area contributed by atoms with Gasteiger partial charge in [0.2, 0.25) is 0 Å². The number of amides is 1. The van der Waals surface area contributed by atoms with Gasteiger partial charge in [-0.15, -0.1) is 24.0 Å². The first-order valence-electron chi connectivity index (χ1n) is 11.7. The summed E-state index contributed by atoms with van der Waals surface area (Å²) in [5, 5.41) is 3.52. The Labute approximate surface area is 214 Å². The fourth-order valence-electron chi connectivity index (χ4n) is 4.53. The Balaban J connectivity index is 0.00000306. The van der Waals surface area contributed by atoms with Gasteiger partial charge in [-0.05, 0) is 38.8 Å². The van der Waals surface area contributed by atoms with Gasteiger partial charge in [-0.2, -0.15) is 0 Å². The Morgan fingerprint density at radius 1 is 1.21 bits per heavy atom. The maximum atomic E-state index is 12.4. The highest BCUT2D eigenvalue weighted by Gasteiger charge is 2.36. The van der Waals surface area contributed by atoms with E-state index >= 15 is 0 Å². The first kappa shape index (κ1) is 26.0. The molecule has 0 bridgehead atoms. The van der Waals surface area contributed by atoms with E-state index in [1.165, 1.54) is 11.1 Å². The number of piperazine rings is 1. The summed E-state index contributed by atoms with van der Waals surface area (Å²) in [4.78, 5) is 23.7. The molecule has 1 N–H and O–H groups in total. The highest BCUT2D eigenvalue weighted by atomic mass is 127. The molecule has 9 heteroatoms. The third-order valence-corrected chi connectivity index (χ3v) is 6.03. The molecule has 0 aliphatic carbocycles. The van der Waals surface area contributed by atoms with Crippen LogP contribution in [0.4, 0.5) is 4.79 Å². The molecule has 0 aromatic heterocycles. The smallest absolute Gasteiger partial charge is 0.410 e. The molecule has 3 aliphatic rings. The summed E-state index contributed by atoms with van der Waals surface area (Å²) in [5.41, 5.74) is 2.11. The first-order chi connectivity index (χ1) is 15.3. The van der Waals surface area contributed by atoms with Gasteiger partial charge in [-0.25, -0.2) is 4.79 Å². The van der Waals surface area contributed by atoms with Gasteiger partial charge >= 0.3 is 6.09 Å². The molecule has 8 nitrogen and oxygen atoms in total. The fraction of sp³-hybridized carbons (Fsp3) is 0.667. The number of nitrogens with one attached hydrogen (secondary N) is 1. The zero-order valence-electron chi connectivity index (χ0n) is 20.2. The molecule has 1 amide bonds. The summed E-state index contributed by atoms with van der Waals surface area (Å²) in [6, 6.07) is 8.98. The predicted molar refractivity (Wildman–Crippen MR) is 140 cm³/mol. The number of carbonyl (C=O) groups is 1. The van der Waals surface area contributed by atoms with E-state index in [2.05, 4.69) is 46.3 Å². The number of rotatable bonds is 4. The third kappa shape index (κ3) is 7.19. The van der Waals surface area contributed by atoms with Crippen LogP contribution >= 0.6 is 24.0 Å². The number of aliphatic imine (C=N–C) groups is 1.